The maximum atomic E-state index is 2.31. The Balaban J connectivity index is 0.000000442. The van der Waals surface area contributed by atoms with Gasteiger partial charge in [0, 0.05) is 10.1 Å². The molecule has 1 aliphatic heterocycles. The van der Waals surface area contributed by atoms with Gasteiger partial charge in [-0.05, 0) is 17.5 Å². The third kappa shape index (κ3) is 3.57. The smallest absolute Gasteiger partial charge is 0.0133 e. The van der Waals surface area contributed by atoms with Gasteiger partial charge in [-0.15, -0.1) is 11.8 Å². The zero-order valence-electron chi connectivity index (χ0n) is 10.9. The van der Waals surface area contributed by atoms with Crippen LogP contribution in [0.15, 0.2) is 29.2 Å². The lowest BCUT2D eigenvalue weighted by Crippen LogP contribution is -1.99. The number of hydrogen-bond acceptors (Lipinski definition) is 1. The van der Waals surface area contributed by atoms with Crippen LogP contribution in [0, 0.1) is 0 Å². The van der Waals surface area contributed by atoms with E-state index in [1.54, 1.807) is 0 Å². The first-order chi connectivity index (χ1) is 7.29. The Labute approximate surface area is 99.5 Å². The van der Waals surface area contributed by atoms with Gasteiger partial charge in [0.15, 0.2) is 0 Å². The summed E-state index contributed by atoms with van der Waals surface area (Å²) in [5.41, 5.74) is 1.53. The fraction of sp³-hybridized carbons (Fsp3) is 0.571. The third-order valence-electron chi connectivity index (χ3n) is 2.43. The average molecular weight is 224 g/mol. The van der Waals surface area contributed by atoms with E-state index < -0.39 is 0 Å². The number of benzene rings is 1. The lowest BCUT2D eigenvalue weighted by atomic mass is 9.99. The van der Waals surface area contributed by atoms with Crippen LogP contribution >= 0.6 is 11.8 Å². The number of hydrogen-bond donors (Lipinski definition) is 0. The predicted octanol–water partition coefficient (Wildman–Crippen LogP) is 5.34. The highest BCUT2D eigenvalue weighted by Gasteiger charge is 2.25. The lowest BCUT2D eigenvalue weighted by molar-refractivity contribution is 0.762. The number of fused-ring (bicyclic) bond motifs is 1. The van der Waals surface area contributed by atoms with Crippen molar-refractivity contribution >= 4 is 11.8 Å². The summed E-state index contributed by atoms with van der Waals surface area (Å²) in [7, 11) is 0. The summed E-state index contributed by atoms with van der Waals surface area (Å²) in [4.78, 5) is 1.48. The molecule has 1 aromatic carbocycles. The molecular formula is C14H24S. The summed E-state index contributed by atoms with van der Waals surface area (Å²) in [6.07, 6.45) is 0. The fourth-order valence-electron chi connectivity index (χ4n) is 1.52. The molecule has 0 N–H and O–H groups in total. The molecule has 1 heterocycles. The number of rotatable bonds is 0. The Morgan fingerprint density at radius 1 is 0.933 bits per heavy atom. The summed E-state index contributed by atoms with van der Waals surface area (Å²) in [5.74, 6) is 0.733. The van der Waals surface area contributed by atoms with Crippen LogP contribution in [0.25, 0.3) is 0 Å². The van der Waals surface area contributed by atoms with Crippen LogP contribution in [0.3, 0.4) is 0 Å². The van der Waals surface area contributed by atoms with Gasteiger partial charge in [-0.1, -0.05) is 59.7 Å². The second kappa shape index (κ2) is 7.81. The molecule has 0 amide bonds. The summed E-state index contributed by atoms with van der Waals surface area (Å²) in [6.45, 7) is 12.6. The van der Waals surface area contributed by atoms with E-state index in [0.29, 0.717) is 0 Å². The van der Waals surface area contributed by atoms with Crippen molar-refractivity contribution in [3.05, 3.63) is 29.8 Å². The van der Waals surface area contributed by atoms with Crippen LogP contribution in [0.5, 0.6) is 0 Å². The van der Waals surface area contributed by atoms with Gasteiger partial charge in [-0.3, -0.25) is 0 Å². The molecule has 0 fully saturated rings. The minimum Gasteiger partial charge on any atom is -0.122 e. The second-order valence-corrected chi connectivity index (χ2v) is 4.57. The van der Waals surface area contributed by atoms with E-state index >= 15 is 0 Å². The van der Waals surface area contributed by atoms with Crippen LogP contribution in [0.2, 0.25) is 0 Å². The molecule has 2 unspecified atom stereocenters. The van der Waals surface area contributed by atoms with E-state index in [9.17, 15) is 0 Å². The maximum absolute atomic E-state index is 2.31. The highest BCUT2D eigenvalue weighted by Crippen LogP contribution is 2.44. The molecule has 2 rings (SSSR count). The summed E-state index contributed by atoms with van der Waals surface area (Å²) >= 11 is 2.00. The van der Waals surface area contributed by atoms with Gasteiger partial charge < -0.3 is 0 Å². The second-order valence-electron chi connectivity index (χ2n) is 3.15. The SMILES string of the molecule is CC.CC.CC1Sc2ccccc2C1C. The van der Waals surface area contributed by atoms with Crippen molar-refractivity contribution in [1.82, 2.24) is 0 Å². The monoisotopic (exact) mass is 224 g/mol. The molecule has 0 spiro atoms. The molecular weight excluding hydrogens is 200 g/mol. The van der Waals surface area contributed by atoms with Crippen LogP contribution in [-0.4, -0.2) is 5.25 Å². The fourth-order valence-corrected chi connectivity index (χ4v) is 2.82. The molecule has 15 heavy (non-hydrogen) atoms. The molecule has 0 aliphatic carbocycles. The van der Waals surface area contributed by atoms with Gasteiger partial charge in [-0.25, -0.2) is 0 Å². The van der Waals surface area contributed by atoms with E-state index in [-0.39, 0.29) is 0 Å². The number of thioether (sulfide) groups is 1. The standard InChI is InChI=1S/C10H12S.2C2H6/c1-7-8(2)11-10-6-4-3-5-9(7)10;2*1-2/h3-8H,1-2H3;2*1-2H3. The van der Waals surface area contributed by atoms with Crippen molar-refractivity contribution in [1.29, 1.82) is 0 Å². The largest absolute Gasteiger partial charge is 0.122 e. The van der Waals surface area contributed by atoms with Crippen molar-refractivity contribution in [3.63, 3.8) is 0 Å². The van der Waals surface area contributed by atoms with E-state index in [2.05, 4.69) is 38.1 Å². The Bertz CT molecular complexity index is 268. The van der Waals surface area contributed by atoms with Crippen LogP contribution < -0.4 is 0 Å². The highest BCUT2D eigenvalue weighted by atomic mass is 32.2. The Hall–Kier alpha value is -0.430. The third-order valence-corrected chi connectivity index (χ3v) is 3.83. The van der Waals surface area contributed by atoms with Crippen LogP contribution in [0.1, 0.15) is 53.0 Å². The molecule has 2 atom stereocenters. The molecule has 0 radical (unpaired) electrons. The first-order valence-electron chi connectivity index (χ1n) is 6.04. The molecule has 0 nitrogen and oxygen atoms in total. The quantitative estimate of drug-likeness (QED) is 0.573. The molecule has 0 saturated carbocycles. The van der Waals surface area contributed by atoms with Crippen molar-refractivity contribution in [3.8, 4) is 0 Å². The average Bonchev–Trinajstić information content (AvgIpc) is 2.61. The normalized spacial score (nSPS) is 21.7. The van der Waals surface area contributed by atoms with E-state index in [0.717, 1.165) is 11.2 Å². The minimum atomic E-state index is 0.733. The molecule has 0 saturated heterocycles. The van der Waals surface area contributed by atoms with E-state index in [4.69, 9.17) is 0 Å². The zero-order valence-corrected chi connectivity index (χ0v) is 11.7. The summed E-state index contributed by atoms with van der Waals surface area (Å²) in [5, 5.41) is 0.757. The first kappa shape index (κ1) is 14.6. The van der Waals surface area contributed by atoms with Gasteiger partial charge in [0.2, 0.25) is 0 Å². The molecule has 0 bridgehead atoms. The lowest BCUT2D eigenvalue weighted by Gasteiger charge is -2.06. The Kier molecular flexibility index (Phi) is 7.59. The van der Waals surface area contributed by atoms with E-state index in [1.807, 2.05) is 39.5 Å². The van der Waals surface area contributed by atoms with Gasteiger partial charge in [0.1, 0.15) is 0 Å². The highest BCUT2D eigenvalue weighted by molar-refractivity contribution is 8.00. The summed E-state index contributed by atoms with van der Waals surface area (Å²) < 4.78 is 0. The Morgan fingerprint density at radius 3 is 2.00 bits per heavy atom. The first-order valence-corrected chi connectivity index (χ1v) is 6.92. The van der Waals surface area contributed by atoms with Crippen molar-refractivity contribution < 1.29 is 0 Å². The van der Waals surface area contributed by atoms with Crippen molar-refractivity contribution in [2.24, 2.45) is 0 Å². The van der Waals surface area contributed by atoms with Gasteiger partial charge in [-0.2, -0.15) is 0 Å². The van der Waals surface area contributed by atoms with Crippen molar-refractivity contribution in [2.45, 2.75) is 57.6 Å². The molecule has 1 aromatic rings. The van der Waals surface area contributed by atoms with Crippen LogP contribution in [-0.2, 0) is 0 Å². The molecule has 1 aliphatic rings. The van der Waals surface area contributed by atoms with Gasteiger partial charge >= 0.3 is 0 Å². The van der Waals surface area contributed by atoms with E-state index in [1.165, 1.54) is 10.5 Å². The Morgan fingerprint density at radius 2 is 1.47 bits per heavy atom. The topological polar surface area (TPSA) is 0 Å². The maximum Gasteiger partial charge on any atom is 0.0133 e. The molecule has 1 heteroatoms. The van der Waals surface area contributed by atoms with Gasteiger partial charge in [0.25, 0.3) is 0 Å². The zero-order chi connectivity index (χ0) is 11.8. The molecule has 0 aromatic heterocycles. The van der Waals surface area contributed by atoms with Crippen molar-refractivity contribution in [2.75, 3.05) is 0 Å². The van der Waals surface area contributed by atoms with Gasteiger partial charge in [0.05, 0.1) is 0 Å². The minimum absolute atomic E-state index is 0.733. The molecule has 86 valence electrons. The summed E-state index contributed by atoms with van der Waals surface area (Å²) in [6, 6.07) is 8.72. The predicted molar refractivity (Wildman–Crippen MR) is 72.9 cm³/mol. The van der Waals surface area contributed by atoms with Crippen LogP contribution in [0.4, 0.5) is 0 Å².